The predicted molar refractivity (Wildman–Crippen MR) is 105 cm³/mol. The van der Waals surface area contributed by atoms with E-state index in [4.69, 9.17) is 17.3 Å². The number of amides is 2. The number of aromatic nitrogens is 1. The largest absolute Gasteiger partial charge is 0.368 e. The van der Waals surface area contributed by atoms with Crippen molar-refractivity contribution in [3.8, 4) is 11.1 Å². The second-order valence-electron chi connectivity index (χ2n) is 7.15. The predicted octanol–water partition coefficient (Wildman–Crippen LogP) is 3.77. The van der Waals surface area contributed by atoms with Gasteiger partial charge < -0.3 is 10.6 Å². The van der Waals surface area contributed by atoms with Crippen LogP contribution in [0.1, 0.15) is 29.9 Å². The van der Waals surface area contributed by atoms with Gasteiger partial charge in [-0.2, -0.15) is 0 Å². The summed E-state index contributed by atoms with van der Waals surface area (Å²) in [6.45, 7) is 3.54. The zero-order valence-electron chi connectivity index (χ0n) is 15.0. The van der Waals surface area contributed by atoms with Crippen molar-refractivity contribution < 1.29 is 9.59 Å². The molecule has 0 fully saturated rings. The third kappa shape index (κ3) is 2.66. The maximum Gasteiger partial charge on any atom is 0.257 e. The maximum absolute atomic E-state index is 13.3. The molecule has 2 N–H and O–H groups in total. The fourth-order valence-corrected chi connectivity index (χ4v) is 3.65. The van der Waals surface area contributed by atoms with Crippen molar-refractivity contribution in [2.45, 2.75) is 25.9 Å². The number of benzene rings is 2. The molecule has 5 nitrogen and oxygen atoms in total. The molecule has 6 heteroatoms. The van der Waals surface area contributed by atoms with Gasteiger partial charge in [0.05, 0.1) is 23.3 Å². The lowest BCUT2D eigenvalue weighted by molar-refractivity contribution is -0.127. The first-order chi connectivity index (χ1) is 12.8. The Morgan fingerprint density at radius 2 is 1.85 bits per heavy atom. The van der Waals surface area contributed by atoms with Gasteiger partial charge in [0, 0.05) is 16.0 Å². The highest BCUT2D eigenvalue weighted by Gasteiger charge is 2.43. The number of carbonyl (C=O) groups excluding carboxylic acids is 2. The van der Waals surface area contributed by atoms with Crippen LogP contribution in [0.4, 0.5) is 0 Å². The van der Waals surface area contributed by atoms with E-state index in [2.05, 4.69) is 4.98 Å². The minimum atomic E-state index is -1.12. The maximum atomic E-state index is 13.3. The van der Waals surface area contributed by atoms with Crippen molar-refractivity contribution in [1.82, 2.24) is 9.88 Å². The van der Waals surface area contributed by atoms with Crippen LogP contribution in [0.25, 0.3) is 22.0 Å². The quantitative estimate of drug-likeness (QED) is 0.752. The molecule has 3 aromatic rings. The van der Waals surface area contributed by atoms with Crippen LogP contribution in [0.3, 0.4) is 0 Å². The van der Waals surface area contributed by atoms with E-state index in [0.29, 0.717) is 16.3 Å². The molecule has 0 spiro atoms. The van der Waals surface area contributed by atoms with E-state index >= 15 is 0 Å². The average molecular weight is 380 g/mol. The molecule has 0 saturated carbocycles. The molecule has 2 aromatic carbocycles. The monoisotopic (exact) mass is 379 g/mol. The molecule has 2 heterocycles. The van der Waals surface area contributed by atoms with E-state index < -0.39 is 11.4 Å². The Morgan fingerprint density at radius 3 is 2.52 bits per heavy atom. The van der Waals surface area contributed by atoms with Gasteiger partial charge in [0.2, 0.25) is 5.91 Å². The van der Waals surface area contributed by atoms with Crippen molar-refractivity contribution in [2.24, 2.45) is 5.73 Å². The molecule has 0 saturated heterocycles. The van der Waals surface area contributed by atoms with Gasteiger partial charge in [-0.15, -0.1) is 0 Å². The molecule has 0 aliphatic carbocycles. The highest BCUT2D eigenvalue weighted by Crippen LogP contribution is 2.39. The molecule has 0 bridgehead atoms. The number of nitrogens with two attached hydrogens (primary N) is 1. The van der Waals surface area contributed by atoms with E-state index in [-0.39, 0.29) is 12.5 Å². The summed E-state index contributed by atoms with van der Waals surface area (Å²) >= 11 is 6.22. The van der Waals surface area contributed by atoms with E-state index in [9.17, 15) is 9.59 Å². The van der Waals surface area contributed by atoms with E-state index in [1.165, 1.54) is 4.90 Å². The lowest BCUT2D eigenvalue weighted by atomic mass is 9.94. The van der Waals surface area contributed by atoms with Crippen LogP contribution in [0.5, 0.6) is 0 Å². The average Bonchev–Trinajstić information content (AvgIpc) is 2.97. The third-order valence-electron chi connectivity index (χ3n) is 5.13. The zero-order valence-corrected chi connectivity index (χ0v) is 15.7. The van der Waals surface area contributed by atoms with Gasteiger partial charge in [-0.25, -0.2) is 0 Å². The van der Waals surface area contributed by atoms with E-state index in [1.54, 1.807) is 19.9 Å². The number of fused-ring (bicyclic) bond motifs is 2. The zero-order chi connectivity index (χ0) is 19.3. The first-order valence-corrected chi connectivity index (χ1v) is 8.98. The number of primary amides is 1. The van der Waals surface area contributed by atoms with Crippen molar-refractivity contribution in [3.63, 3.8) is 0 Å². The molecule has 136 valence electrons. The standard InChI is InChI=1S/C21H18ClN3O2/c1-21(2,20(23)27)25-11-16-18(19(25)26)17(12-6-4-3-5-7-12)14-10-13(22)8-9-15(14)24-16/h3-10H,11H2,1-2H3,(H2,23,27). The Morgan fingerprint density at radius 1 is 1.15 bits per heavy atom. The summed E-state index contributed by atoms with van der Waals surface area (Å²) in [5.41, 5.74) is 8.01. The van der Waals surface area contributed by atoms with Crippen LogP contribution in [-0.2, 0) is 11.3 Å². The van der Waals surface area contributed by atoms with Crippen molar-refractivity contribution in [3.05, 3.63) is 64.8 Å². The van der Waals surface area contributed by atoms with Crippen LogP contribution in [-0.4, -0.2) is 27.2 Å². The van der Waals surface area contributed by atoms with Gasteiger partial charge in [0.15, 0.2) is 0 Å². The second-order valence-corrected chi connectivity index (χ2v) is 7.59. The molecular formula is C21H18ClN3O2. The Bertz CT molecular complexity index is 1090. The molecule has 2 amide bonds. The Labute approximate surface area is 161 Å². The SMILES string of the molecule is CC(C)(C(N)=O)N1Cc2nc3ccc(Cl)cc3c(-c3ccccc3)c2C1=O. The van der Waals surface area contributed by atoms with Crippen LogP contribution in [0, 0.1) is 0 Å². The molecule has 0 unspecified atom stereocenters. The molecular weight excluding hydrogens is 362 g/mol. The Balaban J connectivity index is 2.03. The number of halogens is 1. The number of hydrogen-bond donors (Lipinski definition) is 1. The molecule has 1 aromatic heterocycles. The number of hydrogen-bond acceptors (Lipinski definition) is 3. The molecule has 0 atom stereocenters. The van der Waals surface area contributed by atoms with Crippen LogP contribution >= 0.6 is 11.6 Å². The summed E-state index contributed by atoms with van der Waals surface area (Å²) in [5, 5.41) is 1.38. The van der Waals surface area contributed by atoms with E-state index in [1.807, 2.05) is 42.5 Å². The number of rotatable bonds is 3. The van der Waals surface area contributed by atoms with Gasteiger partial charge in [-0.1, -0.05) is 41.9 Å². The minimum absolute atomic E-state index is 0.239. The number of pyridine rings is 1. The summed E-state index contributed by atoms with van der Waals surface area (Å²) < 4.78 is 0. The van der Waals surface area contributed by atoms with Gasteiger partial charge >= 0.3 is 0 Å². The lowest BCUT2D eigenvalue weighted by Crippen LogP contribution is -2.53. The first-order valence-electron chi connectivity index (χ1n) is 8.60. The van der Waals surface area contributed by atoms with Gasteiger partial charge in [-0.05, 0) is 37.6 Å². The number of nitrogens with zero attached hydrogens (tertiary/aromatic N) is 2. The van der Waals surface area contributed by atoms with Crippen LogP contribution in [0.2, 0.25) is 5.02 Å². The fourth-order valence-electron chi connectivity index (χ4n) is 3.48. The summed E-state index contributed by atoms with van der Waals surface area (Å²) in [6, 6.07) is 15.1. The summed E-state index contributed by atoms with van der Waals surface area (Å²) in [4.78, 5) is 31.4. The van der Waals surface area contributed by atoms with Gasteiger partial charge in [0.1, 0.15) is 5.54 Å². The highest BCUT2D eigenvalue weighted by atomic mass is 35.5. The molecule has 4 rings (SSSR count). The topological polar surface area (TPSA) is 76.3 Å². The lowest BCUT2D eigenvalue weighted by Gasteiger charge is -2.32. The third-order valence-corrected chi connectivity index (χ3v) is 5.36. The van der Waals surface area contributed by atoms with Gasteiger partial charge in [-0.3, -0.25) is 14.6 Å². The first kappa shape index (κ1) is 17.5. The molecule has 0 radical (unpaired) electrons. The minimum Gasteiger partial charge on any atom is -0.368 e. The number of carbonyl (C=O) groups is 2. The molecule has 1 aliphatic heterocycles. The summed E-state index contributed by atoms with van der Waals surface area (Å²) in [5.74, 6) is -0.806. The van der Waals surface area contributed by atoms with Crippen molar-refractivity contribution >= 4 is 34.3 Å². The smallest absolute Gasteiger partial charge is 0.257 e. The summed E-state index contributed by atoms with van der Waals surface area (Å²) in [7, 11) is 0. The van der Waals surface area contributed by atoms with Gasteiger partial charge in [0.25, 0.3) is 5.91 Å². The van der Waals surface area contributed by atoms with Crippen LogP contribution in [0.15, 0.2) is 48.5 Å². The van der Waals surface area contributed by atoms with E-state index in [0.717, 1.165) is 22.0 Å². The Kier molecular flexibility index (Phi) is 3.93. The highest BCUT2D eigenvalue weighted by molar-refractivity contribution is 6.31. The second kappa shape index (κ2) is 6.06. The molecule has 1 aliphatic rings. The van der Waals surface area contributed by atoms with Crippen LogP contribution < -0.4 is 5.73 Å². The van der Waals surface area contributed by atoms with Crippen molar-refractivity contribution in [2.75, 3.05) is 0 Å². The fraction of sp³-hybridized carbons (Fsp3) is 0.190. The van der Waals surface area contributed by atoms with Crippen molar-refractivity contribution in [1.29, 1.82) is 0 Å². The Hall–Kier alpha value is -2.92. The molecule has 27 heavy (non-hydrogen) atoms. The normalized spacial score (nSPS) is 13.9. The summed E-state index contributed by atoms with van der Waals surface area (Å²) in [6.07, 6.45) is 0.